The molecule has 1 aromatic rings. The van der Waals surface area contributed by atoms with Crippen LogP contribution in [-0.4, -0.2) is 41.3 Å². The van der Waals surface area contributed by atoms with E-state index in [0.29, 0.717) is 44.0 Å². The van der Waals surface area contributed by atoms with Crippen molar-refractivity contribution in [3.05, 3.63) is 5.89 Å². The molecule has 0 saturated carbocycles. The molecule has 0 radical (unpaired) electrons. The Morgan fingerprint density at radius 1 is 1.53 bits per heavy atom. The highest BCUT2D eigenvalue weighted by molar-refractivity contribution is 5.85. The second kappa shape index (κ2) is 6.01. The summed E-state index contributed by atoms with van der Waals surface area (Å²) in [5, 5.41) is 14.1. The van der Waals surface area contributed by atoms with Crippen LogP contribution in [0, 0.1) is 0 Å². The molecule has 0 spiro atoms. The van der Waals surface area contributed by atoms with Gasteiger partial charge < -0.3 is 20.0 Å². The molecule has 0 aliphatic carbocycles. The Hall–Kier alpha value is -1.63. The van der Waals surface area contributed by atoms with E-state index in [4.69, 9.17) is 4.42 Å². The van der Waals surface area contributed by atoms with E-state index < -0.39 is 0 Å². The number of aromatic nitrogens is 2. The van der Waals surface area contributed by atoms with Crippen molar-refractivity contribution in [2.75, 3.05) is 18.0 Å². The number of piperazine rings is 1. The van der Waals surface area contributed by atoms with Crippen LogP contribution in [0.4, 0.5) is 6.01 Å². The third kappa shape index (κ3) is 3.23. The molecule has 2 N–H and O–H groups in total. The molecule has 1 atom stereocenters. The molecule has 1 amide bonds. The van der Waals surface area contributed by atoms with E-state index in [1.807, 2.05) is 11.8 Å². The number of hydrogen-bond donors (Lipinski definition) is 2. The lowest BCUT2D eigenvalue weighted by molar-refractivity contribution is -0.123. The number of hydrogen-bond acceptors (Lipinski definition) is 6. The van der Waals surface area contributed by atoms with Gasteiger partial charge in [0.05, 0.1) is 6.54 Å². The van der Waals surface area contributed by atoms with Gasteiger partial charge in [-0.2, -0.15) is 0 Å². The number of nitrogens with one attached hydrogen (secondary N) is 2. The maximum Gasteiger partial charge on any atom is 0.318 e. The van der Waals surface area contributed by atoms with Crippen LogP contribution in [0.15, 0.2) is 4.42 Å². The van der Waals surface area contributed by atoms with Crippen LogP contribution in [0.3, 0.4) is 0 Å². The number of carbonyl (C=O) groups is 1. The average molecular weight is 267 g/mol. The Labute approximate surface area is 112 Å². The van der Waals surface area contributed by atoms with E-state index in [0.717, 1.165) is 0 Å². The Morgan fingerprint density at radius 2 is 2.32 bits per heavy atom. The van der Waals surface area contributed by atoms with Crippen molar-refractivity contribution in [3.8, 4) is 0 Å². The molecule has 2 rings (SSSR count). The SMILES string of the molecule is CCC1C(=O)NCCN1c1nnc(CNC(C)C)o1. The predicted molar refractivity (Wildman–Crippen MR) is 70.7 cm³/mol. The molecule has 19 heavy (non-hydrogen) atoms. The topological polar surface area (TPSA) is 83.3 Å². The summed E-state index contributed by atoms with van der Waals surface area (Å²) in [4.78, 5) is 13.7. The van der Waals surface area contributed by atoms with Crippen molar-refractivity contribution in [3.63, 3.8) is 0 Å². The van der Waals surface area contributed by atoms with Gasteiger partial charge in [0, 0.05) is 19.1 Å². The van der Waals surface area contributed by atoms with Crippen molar-refractivity contribution in [2.45, 2.75) is 45.8 Å². The first kappa shape index (κ1) is 13.8. The Balaban J connectivity index is 2.06. The molecule has 1 aliphatic rings. The number of carbonyl (C=O) groups excluding carboxylic acids is 1. The highest BCUT2D eigenvalue weighted by Gasteiger charge is 2.31. The molecule has 2 heterocycles. The molecule has 1 aliphatic heterocycles. The standard InChI is InChI=1S/C12H21N5O2/c1-4-9-11(18)13-5-6-17(9)12-16-15-10(19-12)7-14-8(2)3/h8-9,14H,4-7H2,1-3H3,(H,13,18). The molecular weight excluding hydrogens is 246 g/mol. The van der Waals surface area contributed by atoms with E-state index in [1.54, 1.807) is 0 Å². The minimum Gasteiger partial charge on any atom is -0.407 e. The molecule has 1 unspecified atom stereocenters. The molecule has 106 valence electrons. The summed E-state index contributed by atoms with van der Waals surface area (Å²) < 4.78 is 5.62. The van der Waals surface area contributed by atoms with Gasteiger partial charge in [0.2, 0.25) is 11.8 Å². The largest absolute Gasteiger partial charge is 0.407 e. The molecule has 0 aromatic carbocycles. The Morgan fingerprint density at radius 3 is 3.00 bits per heavy atom. The third-order valence-electron chi connectivity index (χ3n) is 3.08. The van der Waals surface area contributed by atoms with Crippen molar-refractivity contribution in [1.82, 2.24) is 20.8 Å². The zero-order valence-corrected chi connectivity index (χ0v) is 11.6. The summed E-state index contributed by atoms with van der Waals surface area (Å²) in [5.41, 5.74) is 0. The lowest BCUT2D eigenvalue weighted by Crippen LogP contribution is -2.55. The fourth-order valence-electron chi connectivity index (χ4n) is 2.07. The minimum absolute atomic E-state index is 0.0220. The maximum atomic E-state index is 11.8. The molecule has 7 nitrogen and oxygen atoms in total. The minimum atomic E-state index is -0.222. The number of nitrogens with zero attached hydrogens (tertiary/aromatic N) is 3. The monoisotopic (exact) mass is 267 g/mol. The normalized spacial score (nSPS) is 19.9. The lowest BCUT2D eigenvalue weighted by Gasteiger charge is -2.32. The number of anilines is 1. The number of amides is 1. The Bertz CT molecular complexity index is 432. The van der Waals surface area contributed by atoms with Gasteiger partial charge in [0.1, 0.15) is 6.04 Å². The molecular formula is C12H21N5O2. The lowest BCUT2D eigenvalue weighted by atomic mass is 10.1. The van der Waals surface area contributed by atoms with Crippen molar-refractivity contribution in [1.29, 1.82) is 0 Å². The summed E-state index contributed by atoms with van der Waals surface area (Å²) in [6, 6.07) is 0.571. The van der Waals surface area contributed by atoms with Crippen molar-refractivity contribution < 1.29 is 9.21 Å². The highest BCUT2D eigenvalue weighted by atomic mass is 16.4. The van der Waals surface area contributed by atoms with Gasteiger partial charge in [-0.1, -0.05) is 25.9 Å². The van der Waals surface area contributed by atoms with Gasteiger partial charge in [0.15, 0.2) is 0 Å². The average Bonchev–Trinajstić information content (AvgIpc) is 2.84. The fourth-order valence-corrected chi connectivity index (χ4v) is 2.07. The maximum absolute atomic E-state index is 11.8. The predicted octanol–water partition coefficient (Wildman–Crippen LogP) is 0.282. The Kier molecular flexibility index (Phi) is 4.36. The first-order valence-corrected chi connectivity index (χ1v) is 6.72. The first-order valence-electron chi connectivity index (χ1n) is 6.72. The fraction of sp³-hybridized carbons (Fsp3) is 0.750. The van der Waals surface area contributed by atoms with E-state index >= 15 is 0 Å². The second-order valence-corrected chi connectivity index (χ2v) is 4.92. The molecule has 7 heteroatoms. The van der Waals surface area contributed by atoms with Crippen LogP contribution in [0.25, 0.3) is 0 Å². The van der Waals surface area contributed by atoms with Gasteiger partial charge in [-0.3, -0.25) is 4.79 Å². The van der Waals surface area contributed by atoms with Crippen LogP contribution >= 0.6 is 0 Å². The van der Waals surface area contributed by atoms with Crippen molar-refractivity contribution in [2.24, 2.45) is 0 Å². The van der Waals surface area contributed by atoms with Gasteiger partial charge in [-0.05, 0) is 6.42 Å². The smallest absolute Gasteiger partial charge is 0.318 e. The van der Waals surface area contributed by atoms with Crippen LogP contribution in [-0.2, 0) is 11.3 Å². The van der Waals surface area contributed by atoms with Crippen LogP contribution in [0.2, 0.25) is 0 Å². The molecule has 1 aromatic heterocycles. The summed E-state index contributed by atoms with van der Waals surface area (Å²) >= 11 is 0. The van der Waals surface area contributed by atoms with Gasteiger partial charge in [0.25, 0.3) is 0 Å². The molecule has 1 saturated heterocycles. The van der Waals surface area contributed by atoms with E-state index in [-0.39, 0.29) is 11.9 Å². The van der Waals surface area contributed by atoms with E-state index in [9.17, 15) is 4.79 Å². The van der Waals surface area contributed by atoms with Crippen LogP contribution in [0.1, 0.15) is 33.1 Å². The summed E-state index contributed by atoms with van der Waals surface area (Å²) in [7, 11) is 0. The van der Waals surface area contributed by atoms with E-state index in [2.05, 4.69) is 34.7 Å². The second-order valence-electron chi connectivity index (χ2n) is 4.92. The zero-order chi connectivity index (χ0) is 13.8. The van der Waals surface area contributed by atoms with E-state index in [1.165, 1.54) is 0 Å². The number of rotatable bonds is 5. The van der Waals surface area contributed by atoms with Crippen LogP contribution in [0.5, 0.6) is 0 Å². The zero-order valence-electron chi connectivity index (χ0n) is 11.6. The first-order chi connectivity index (χ1) is 9.11. The quantitative estimate of drug-likeness (QED) is 0.797. The highest BCUT2D eigenvalue weighted by Crippen LogP contribution is 2.18. The van der Waals surface area contributed by atoms with Gasteiger partial charge in [-0.15, -0.1) is 5.10 Å². The third-order valence-corrected chi connectivity index (χ3v) is 3.08. The van der Waals surface area contributed by atoms with Gasteiger partial charge >= 0.3 is 6.01 Å². The van der Waals surface area contributed by atoms with Crippen LogP contribution < -0.4 is 15.5 Å². The summed E-state index contributed by atoms with van der Waals surface area (Å²) in [5.74, 6) is 0.568. The summed E-state index contributed by atoms with van der Waals surface area (Å²) in [6.07, 6.45) is 0.716. The van der Waals surface area contributed by atoms with Gasteiger partial charge in [-0.25, -0.2) is 0 Å². The summed E-state index contributed by atoms with van der Waals surface area (Å²) in [6.45, 7) is 7.93. The van der Waals surface area contributed by atoms with Crippen molar-refractivity contribution >= 4 is 11.9 Å². The molecule has 0 bridgehead atoms. The molecule has 1 fully saturated rings.